The summed E-state index contributed by atoms with van der Waals surface area (Å²) in [4.78, 5) is 27.2. The van der Waals surface area contributed by atoms with Crippen molar-refractivity contribution in [2.75, 3.05) is 18.8 Å². The number of rotatable bonds is 5. The maximum atomic E-state index is 12.8. The summed E-state index contributed by atoms with van der Waals surface area (Å²) in [5.74, 6) is 0.564. The summed E-state index contributed by atoms with van der Waals surface area (Å²) < 4.78 is 0. The van der Waals surface area contributed by atoms with E-state index >= 15 is 0 Å². The van der Waals surface area contributed by atoms with Gasteiger partial charge in [-0.1, -0.05) is 66.8 Å². The summed E-state index contributed by atoms with van der Waals surface area (Å²) in [6, 6.07) is 9.52. The van der Waals surface area contributed by atoms with Crippen molar-refractivity contribution >= 4 is 52.6 Å². The average Bonchev–Trinajstić information content (AvgIpc) is 3.19. The lowest BCUT2D eigenvalue weighted by atomic mass is 10.0. The number of nitrogens with one attached hydrogen (secondary N) is 2. The molecule has 2 N–H and O–H groups in total. The van der Waals surface area contributed by atoms with Crippen LogP contribution in [0.3, 0.4) is 0 Å². The summed E-state index contributed by atoms with van der Waals surface area (Å²) in [7, 11) is 0. The summed E-state index contributed by atoms with van der Waals surface area (Å²) in [5.41, 5.74) is 3.67. The zero-order chi connectivity index (χ0) is 19.7. The van der Waals surface area contributed by atoms with E-state index in [1.54, 1.807) is 16.7 Å². The molecule has 0 saturated carbocycles. The molecule has 8 heteroatoms. The highest BCUT2D eigenvalue weighted by molar-refractivity contribution is 8.00. The van der Waals surface area contributed by atoms with Crippen LogP contribution in [0, 0.1) is 0 Å². The number of benzene rings is 1. The summed E-state index contributed by atoms with van der Waals surface area (Å²) >= 11 is 11.2. The number of nitrogens with zero attached hydrogens (tertiary/aromatic N) is 1. The van der Waals surface area contributed by atoms with E-state index in [0.29, 0.717) is 22.9 Å². The van der Waals surface area contributed by atoms with Gasteiger partial charge in [0.2, 0.25) is 5.12 Å². The molecule has 4 rings (SSSR count). The van der Waals surface area contributed by atoms with Gasteiger partial charge in [-0.3, -0.25) is 14.5 Å². The lowest BCUT2D eigenvalue weighted by molar-refractivity contribution is -0.143. The van der Waals surface area contributed by atoms with E-state index in [-0.39, 0.29) is 16.4 Å². The van der Waals surface area contributed by atoms with Gasteiger partial charge < -0.3 is 10.6 Å². The number of carbonyl (C=O) groups is 2. The van der Waals surface area contributed by atoms with Crippen LogP contribution in [0.2, 0.25) is 0 Å². The second-order valence-corrected chi connectivity index (χ2v) is 9.03. The SMILES string of the molecule is O=C(S)C1=C(C=C2CCNC2)CS[C@@H]2C(NC(=S)Cc3ccccc3)C(=O)N12. The van der Waals surface area contributed by atoms with Crippen LogP contribution >= 0.6 is 36.6 Å². The van der Waals surface area contributed by atoms with E-state index < -0.39 is 6.04 Å². The predicted molar refractivity (Wildman–Crippen MR) is 119 cm³/mol. The van der Waals surface area contributed by atoms with Crippen LogP contribution in [0.4, 0.5) is 0 Å². The Hall–Kier alpha value is -1.61. The van der Waals surface area contributed by atoms with Gasteiger partial charge in [0, 0.05) is 18.7 Å². The maximum absolute atomic E-state index is 12.8. The fourth-order valence-corrected chi connectivity index (χ4v) is 5.57. The first-order chi connectivity index (χ1) is 13.5. The Morgan fingerprint density at radius 2 is 2.18 bits per heavy atom. The van der Waals surface area contributed by atoms with Gasteiger partial charge >= 0.3 is 0 Å². The largest absolute Gasteiger partial charge is 0.366 e. The average molecular weight is 432 g/mol. The van der Waals surface area contributed by atoms with Crippen molar-refractivity contribution in [1.82, 2.24) is 15.5 Å². The van der Waals surface area contributed by atoms with Crippen molar-refractivity contribution in [3.63, 3.8) is 0 Å². The molecular formula is C20H21N3O2S3. The van der Waals surface area contributed by atoms with Gasteiger partial charge in [0.05, 0.1) is 4.99 Å². The molecule has 1 aromatic rings. The lowest BCUT2D eigenvalue weighted by Gasteiger charge is -2.50. The molecule has 0 radical (unpaired) electrons. The monoisotopic (exact) mass is 431 g/mol. The van der Waals surface area contributed by atoms with Crippen molar-refractivity contribution < 1.29 is 9.59 Å². The molecule has 3 heterocycles. The Kier molecular flexibility index (Phi) is 5.91. The highest BCUT2D eigenvalue weighted by Crippen LogP contribution is 2.41. The van der Waals surface area contributed by atoms with Crippen LogP contribution in [0.5, 0.6) is 0 Å². The van der Waals surface area contributed by atoms with Gasteiger partial charge in [0.25, 0.3) is 5.91 Å². The first-order valence-corrected chi connectivity index (χ1v) is 11.1. The van der Waals surface area contributed by atoms with Crippen LogP contribution in [0.25, 0.3) is 0 Å². The van der Waals surface area contributed by atoms with E-state index in [1.165, 1.54) is 5.57 Å². The van der Waals surface area contributed by atoms with Crippen molar-refractivity contribution in [2.24, 2.45) is 0 Å². The number of allylic oxidation sites excluding steroid dienone is 1. The van der Waals surface area contributed by atoms with E-state index in [1.807, 2.05) is 30.3 Å². The third-order valence-corrected chi connectivity index (χ3v) is 6.85. The molecule has 1 unspecified atom stereocenters. The van der Waals surface area contributed by atoms with Crippen LogP contribution in [0.1, 0.15) is 12.0 Å². The Morgan fingerprint density at radius 1 is 1.39 bits per heavy atom. The Bertz CT molecular complexity index is 874. The lowest BCUT2D eigenvalue weighted by Crippen LogP contribution is -2.70. The standard InChI is InChI=1S/C20H21N3O2S3/c24-18-16(22-15(26)9-12-4-2-1-3-5-12)19-23(18)17(20(25)27)14(11-28-19)8-13-6-7-21-10-13/h1-5,8,16,19,21H,6-7,9-11H2,(H,22,26)(H,25,27)/t16?,19-/m1/s1. The van der Waals surface area contributed by atoms with E-state index in [2.05, 4.69) is 29.3 Å². The number of hydrogen-bond donors (Lipinski definition) is 3. The number of amides is 1. The fourth-order valence-electron chi connectivity index (χ4n) is 3.72. The third kappa shape index (κ3) is 3.91. The Balaban J connectivity index is 1.48. The molecule has 0 aromatic heterocycles. The van der Waals surface area contributed by atoms with E-state index in [4.69, 9.17) is 12.2 Å². The summed E-state index contributed by atoms with van der Waals surface area (Å²) in [6.45, 7) is 1.78. The second-order valence-electron chi connectivity index (χ2n) is 7.03. The topological polar surface area (TPSA) is 61.4 Å². The molecular weight excluding hydrogens is 410 g/mol. The van der Waals surface area contributed by atoms with Gasteiger partial charge in [0.1, 0.15) is 17.1 Å². The molecule has 28 heavy (non-hydrogen) atoms. The van der Waals surface area contributed by atoms with Crippen molar-refractivity contribution in [2.45, 2.75) is 24.3 Å². The zero-order valence-electron chi connectivity index (χ0n) is 15.2. The molecule has 146 valence electrons. The third-order valence-electron chi connectivity index (χ3n) is 5.08. The van der Waals surface area contributed by atoms with E-state index in [0.717, 1.165) is 30.6 Å². The first kappa shape index (κ1) is 19.7. The van der Waals surface area contributed by atoms with Gasteiger partial charge in [-0.05, 0) is 24.1 Å². The number of thiocarbonyl (C=S) groups is 1. The smallest absolute Gasteiger partial charge is 0.253 e. The van der Waals surface area contributed by atoms with Crippen LogP contribution in [-0.4, -0.2) is 51.2 Å². The molecule has 3 aliphatic rings. The normalized spacial score (nSPS) is 25.5. The van der Waals surface area contributed by atoms with Gasteiger partial charge in [-0.2, -0.15) is 0 Å². The van der Waals surface area contributed by atoms with Gasteiger partial charge in [0.15, 0.2) is 0 Å². The van der Waals surface area contributed by atoms with Crippen molar-refractivity contribution in [1.29, 1.82) is 0 Å². The van der Waals surface area contributed by atoms with Crippen molar-refractivity contribution in [3.05, 3.63) is 58.8 Å². The molecule has 0 spiro atoms. The maximum Gasteiger partial charge on any atom is 0.253 e. The first-order valence-electron chi connectivity index (χ1n) is 9.19. The predicted octanol–water partition coefficient (Wildman–Crippen LogP) is 2.06. The summed E-state index contributed by atoms with van der Waals surface area (Å²) in [5, 5.41) is 6.00. The summed E-state index contributed by atoms with van der Waals surface area (Å²) in [6.07, 6.45) is 3.62. The number of carbonyl (C=O) groups excluding carboxylic acids is 2. The number of hydrogen-bond acceptors (Lipinski definition) is 5. The molecule has 0 bridgehead atoms. The Labute approximate surface area is 179 Å². The highest BCUT2D eigenvalue weighted by atomic mass is 32.2. The number of thiol groups is 1. The Morgan fingerprint density at radius 3 is 2.86 bits per heavy atom. The molecule has 3 aliphatic heterocycles. The molecule has 0 aliphatic carbocycles. The van der Waals surface area contributed by atoms with Crippen LogP contribution < -0.4 is 10.6 Å². The van der Waals surface area contributed by atoms with Crippen molar-refractivity contribution in [3.8, 4) is 0 Å². The number of fused-ring (bicyclic) bond motifs is 1. The number of β-lactam (4-membered cyclic amide) rings is 1. The molecule has 5 nitrogen and oxygen atoms in total. The minimum absolute atomic E-state index is 0.120. The van der Waals surface area contributed by atoms with Gasteiger partial charge in [-0.25, -0.2) is 0 Å². The molecule has 2 saturated heterocycles. The molecule has 1 aromatic carbocycles. The van der Waals surface area contributed by atoms with E-state index in [9.17, 15) is 9.59 Å². The number of thioether (sulfide) groups is 1. The quantitative estimate of drug-likeness (QED) is 0.377. The second kappa shape index (κ2) is 8.41. The van der Waals surface area contributed by atoms with Gasteiger partial charge in [-0.15, -0.1) is 11.8 Å². The molecule has 1 amide bonds. The molecule has 2 fully saturated rings. The fraction of sp³-hybridized carbons (Fsp3) is 0.350. The zero-order valence-corrected chi connectivity index (χ0v) is 17.7. The minimum atomic E-state index is -0.397. The van der Waals surface area contributed by atoms with Crippen LogP contribution in [-0.2, 0) is 16.0 Å². The minimum Gasteiger partial charge on any atom is -0.366 e. The molecule has 2 atom stereocenters. The van der Waals surface area contributed by atoms with Crippen LogP contribution in [0.15, 0.2) is 53.3 Å². The highest BCUT2D eigenvalue weighted by Gasteiger charge is 2.53.